The molecule has 0 aliphatic rings. The first-order chi connectivity index (χ1) is 24.9. The zero-order chi connectivity index (χ0) is 36.3. The van der Waals surface area contributed by atoms with E-state index in [9.17, 15) is 0 Å². The molecule has 5 nitrogen and oxygen atoms in total. The summed E-state index contributed by atoms with van der Waals surface area (Å²) in [5.41, 5.74) is 9.32. The summed E-state index contributed by atoms with van der Waals surface area (Å²) in [5, 5.41) is 2.08. The van der Waals surface area contributed by atoms with Gasteiger partial charge in [0.15, 0.2) is 24.8 Å². The van der Waals surface area contributed by atoms with Gasteiger partial charge in [-0.1, -0.05) is 55.9 Å². The SMILES string of the molecule is C=C/C=C\C=C(/BC)c1nc(/C(C)=C/C=C\C)nc(-c2ccc3nc(/C(C=C)=C/C=C(\BC)n4c(/C=B\C)c(C=C)c5ccccc54)sc3c2)n1. The van der Waals surface area contributed by atoms with Gasteiger partial charge < -0.3 is 0 Å². The Morgan fingerprint density at radius 3 is 2.39 bits per heavy atom. The van der Waals surface area contributed by atoms with Crippen LogP contribution in [0.1, 0.15) is 41.8 Å². The van der Waals surface area contributed by atoms with Gasteiger partial charge in [-0.25, -0.2) is 15.0 Å². The van der Waals surface area contributed by atoms with Gasteiger partial charge in [0.2, 0.25) is 0 Å². The Morgan fingerprint density at radius 1 is 0.882 bits per heavy atom. The molecule has 5 rings (SSSR count). The van der Waals surface area contributed by atoms with E-state index in [1.54, 1.807) is 17.4 Å². The number of para-hydroxylation sites is 1. The number of hydrogen-bond acceptors (Lipinski definition) is 5. The van der Waals surface area contributed by atoms with Gasteiger partial charge in [-0.15, -0.1) is 0 Å². The first-order valence-corrected chi connectivity index (χ1v) is 18.1. The van der Waals surface area contributed by atoms with Crippen molar-refractivity contribution in [2.45, 2.75) is 34.3 Å². The smallest absolute Gasteiger partial charge is 0.209 e. The third-order valence-electron chi connectivity index (χ3n) is 8.44. The van der Waals surface area contributed by atoms with Crippen LogP contribution in [0.3, 0.4) is 0 Å². The molecule has 0 radical (unpaired) electrons. The molecule has 3 aromatic heterocycles. The van der Waals surface area contributed by atoms with Crippen molar-refractivity contribution < 1.29 is 0 Å². The van der Waals surface area contributed by atoms with E-state index in [2.05, 4.69) is 93.3 Å². The van der Waals surface area contributed by atoms with Crippen LogP contribution < -0.4 is 0 Å². The topological polar surface area (TPSA) is 56.5 Å². The molecular formula is C42H42B3N5S. The molecule has 0 fully saturated rings. The molecule has 5 aromatic rings. The van der Waals surface area contributed by atoms with E-state index >= 15 is 0 Å². The zero-order valence-electron chi connectivity index (χ0n) is 30.2. The van der Waals surface area contributed by atoms with E-state index in [4.69, 9.17) is 19.9 Å². The number of aromatic nitrogens is 5. The molecule has 0 aliphatic heterocycles. The molecule has 2 aromatic carbocycles. The number of benzene rings is 2. The maximum Gasteiger partial charge on any atom is -0.209 e. The summed E-state index contributed by atoms with van der Waals surface area (Å²) < 4.78 is 3.37. The van der Waals surface area contributed by atoms with Gasteiger partial charge in [0.1, 0.15) is 0 Å². The van der Waals surface area contributed by atoms with Gasteiger partial charge in [0.25, 0.3) is 0 Å². The predicted molar refractivity (Wildman–Crippen MR) is 232 cm³/mol. The van der Waals surface area contributed by atoms with Crippen LogP contribution in [0.5, 0.6) is 0 Å². The molecular weight excluding hydrogens is 639 g/mol. The normalized spacial score (nSPS) is 13.1. The van der Waals surface area contributed by atoms with Crippen molar-refractivity contribution >= 4 is 88.2 Å². The summed E-state index contributed by atoms with van der Waals surface area (Å²) in [5.74, 6) is 4.08. The van der Waals surface area contributed by atoms with E-state index in [0.717, 1.165) is 74.3 Å². The van der Waals surface area contributed by atoms with Gasteiger partial charge in [-0.2, -0.15) is 0 Å². The molecule has 3 heterocycles. The fourth-order valence-electron chi connectivity index (χ4n) is 5.82. The van der Waals surface area contributed by atoms with Gasteiger partial charge in [-0.3, -0.25) is 0 Å². The molecule has 250 valence electrons. The van der Waals surface area contributed by atoms with Gasteiger partial charge in [-0.05, 0) is 24.9 Å². The van der Waals surface area contributed by atoms with Crippen LogP contribution in [0.15, 0.2) is 123 Å². The number of hydrogen-bond donors (Lipinski definition) is 0. The van der Waals surface area contributed by atoms with Crippen molar-refractivity contribution in [2.24, 2.45) is 0 Å². The van der Waals surface area contributed by atoms with E-state index < -0.39 is 0 Å². The fourth-order valence-corrected chi connectivity index (χ4v) is 6.85. The van der Waals surface area contributed by atoms with Crippen LogP contribution in [-0.2, 0) is 0 Å². The van der Waals surface area contributed by atoms with Crippen molar-refractivity contribution in [1.82, 2.24) is 24.5 Å². The molecule has 0 aliphatic carbocycles. The summed E-state index contributed by atoms with van der Waals surface area (Å²) >= 11 is 1.63. The van der Waals surface area contributed by atoms with Crippen molar-refractivity contribution in [3.05, 3.63) is 151 Å². The van der Waals surface area contributed by atoms with Gasteiger partial charge >= 0.3 is 189 Å². The zero-order valence-corrected chi connectivity index (χ0v) is 31.0. The average molecular weight is 681 g/mol. The maximum absolute atomic E-state index is 5.01. The summed E-state index contributed by atoms with van der Waals surface area (Å²) in [4.78, 5) is 19.8. The Hall–Kier alpha value is -5.40. The standard InChI is InChI=1S/C42H42B3N5S/c1-9-13-15-20-33(44-7)41-48-39(28(5)18-14-10-2)47-40(49-41)30-22-24-34-37(26-30)51-42(46-34)29(11-3)23-25-38(45-8)50-35-21-17-16-19-32(35)31(12-4)36(50)27-43-6/h9-27,44-45H,1,3-4H2,2,5-8H3/b14-10-,15-13-,28-18+,29-23+,33-20-,38-25+. The molecule has 0 unspecified atom stereocenters. The van der Waals surface area contributed by atoms with E-state index in [1.807, 2.05) is 81.4 Å². The summed E-state index contributed by atoms with van der Waals surface area (Å²) in [6.07, 6.45) is 21.8. The first kappa shape index (κ1) is 36.9. The molecule has 0 amide bonds. The molecule has 0 spiro atoms. The fraction of sp³-hybridized carbons (Fsp3) is 0.119. The first-order valence-electron chi connectivity index (χ1n) is 17.3. The quantitative estimate of drug-likeness (QED) is 0.0866. The molecule has 0 bridgehead atoms. The number of rotatable bonds is 14. The monoisotopic (exact) mass is 681 g/mol. The van der Waals surface area contributed by atoms with Crippen molar-refractivity contribution in [3.8, 4) is 11.4 Å². The Morgan fingerprint density at radius 2 is 1.69 bits per heavy atom. The number of thiazole rings is 1. The van der Waals surface area contributed by atoms with Crippen LogP contribution in [0, 0.1) is 0 Å². The second-order valence-corrected chi connectivity index (χ2v) is 12.8. The predicted octanol–water partition coefficient (Wildman–Crippen LogP) is 9.75. The second kappa shape index (κ2) is 17.5. The van der Waals surface area contributed by atoms with Crippen molar-refractivity contribution in [3.63, 3.8) is 0 Å². The molecule has 0 N–H and O–H groups in total. The summed E-state index contributed by atoms with van der Waals surface area (Å²) in [6.45, 7) is 24.5. The minimum absolute atomic E-state index is 0.622. The number of fused-ring (bicyclic) bond motifs is 2. The van der Waals surface area contributed by atoms with Crippen LogP contribution in [0.2, 0.25) is 20.5 Å². The third-order valence-corrected chi connectivity index (χ3v) is 9.51. The molecule has 0 saturated heterocycles. The second-order valence-electron chi connectivity index (χ2n) is 11.7. The van der Waals surface area contributed by atoms with E-state index in [-0.39, 0.29) is 0 Å². The Balaban J connectivity index is 1.59. The minimum atomic E-state index is 0.622. The molecule has 0 atom stereocenters. The summed E-state index contributed by atoms with van der Waals surface area (Å²) in [6, 6.07) is 14.7. The minimum Gasteiger partial charge on any atom is -0.209 e. The van der Waals surface area contributed by atoms with Crippen molar-refractivity contribution in [2.75, 3.05) is 0 Å². The molecule has 0 saturated carbocycles. The van der Waals surface area contributed by atoms with E-state index in [0.29, 0.717) is 17.5 Å². The molecule has 9 heteroatoms. The van der Waals surface area contributed by atoms with Crippen LogP contribution in [-0.4, -0.2) is 51.9 Å². The Bertz CT molecular complexity index is 2330. The summed E-state index contributed by atoms with van der Waals surface area (Å²) in [7, 11) is 1.61. The van der Waals surface area contributed by atoms with Gasteiger partial charge in [0.05, 0.1) is 0 Å². The van der Waals surface area contributed by atoms with E-state index in [1.165, 1.54) is 5.39 Å². The van der Waals surface area contributed by atoms with Crippen LogP contribution in [0.4, 0.5) is 0 Å². The van der Waals surface area contributed by atoms with Crippen LogP contribution >= 0.6 is 11.3 Å². The Labute approximate surface area is 308 Å². The van der Waals surface area contributed by atoms with Gasteiger partial charge in [0, 0.05) is 0 Å². The number of nitrogens with zero attached hydrogens (tertiary/aromatic N) is 5. The third kappa shape index (κ3) is 8.16. The van der Waals surface area contributed by atoms with Crippen molar-refractivity contribution in [1.29, 1.82) is 0 Å². The number of allylic oxidation sites excluding steroid dienone is 12. The Kier molecular flexibility index (Phi) is 12.7. The molecule has 51 heavy (non-hydrogen) atoms. The van der Waals surface area contributed by atoms with Crippen LogP contribution in [0.25, 0.3) is 60.8 Å². The maximum atomic E-state index is 5.01. The largest absolute Gasteiger partial charge is 0.209 e. The average Bonchev–Trinajstić information content (AvgIpc) is 3.72.